The molecular formula is C20H23NO7. The summed E-state index contributed by atoms with van der Waals surface area (Å²) in [7, 11) is 0. The predicted octanol–water partition coefficient (Wildman–Crippen LogP) is 0.293. The molecule has 1 heterocycles. The Morgan fingerprint density at radius 1 is 0.929 bits per heavy atom. The van der Waals surface area contributed by atoms with E-state index in [1.807, 2.05) is 0 Å². The van der Waals surface area contributed by atoms with Crippen LogP contribution in [-0.4, -0.2) is 74.4 Å². The van der Waals surface area contributed by atoms with Crippen LogP contribution in [0.1, 0.15) is 45.7 Å². The van der Waals surface area contributed by atoms with Crippen LogP contribution in [0.5, 0.6) is 11.5 Å². The number of aliphatic hydroxyl groups is 2. The van der Waals surface area contributed by atoms with Crippen molar-refractivity contribution in [2.75, 3.05) is 26.3 Å². The zero-order chi connectivity index (χ0) is 20.4. The normalized spacial score (nSPS) is 30.0. The van der Waals surface area contributed by atoms with E-state index in [1.54, 1.807) is 4.90 Å². The molecule has 0 aromatic heterocycles. The van der Waals surface area contributed by atoms with Gasteiger partial charge in [0, 0.05) is 43.1 Å². The summed E-state index contributed by atoms with van der Waals surface area (Å²) in [5, 5.41) is 42.8. The highest BCUT2D eigenvalue weighted by molar-refractivity contribution is 6.26. The van der Waals surface area contributed by atoms with Crippen LogP contribution < -0.4 is 0 Å². The number of nitrogens with zero attached hydrogens (tertiary/aromatic N) is 1. The summed E-state index contributed by atoms with van der Waals surface area (Å²) >= 11 is 0. The maximum absolute atomic E-state index is 13.1. The Hall–Kier alpha value is -2.42. The molecule has 0 spiro atoms. The van der Waals surface area contributed by atoms with Crippen LogP contribution in [0, 0.1) is 0 Å². The number of Topliss-reactive ketones (excluding diaryl/α,β-unsaturated/α-hetero) is 1. The molecule has 1 aliphatic heterocycles. The van der Waals surface area contributed by atoms with E-state index in [2.05, 4.69) is 0 Å². The number of rotatable bonds is 1. The lowest BCUT2D eigenvalue weighted by Crippen LogP contribution is -2.55. The third kappa shape index (κ3) is 2.56. The van der Waals surface area contributed by atoms with Crippen LogP contribution in [0.25, 0.3) is 0 Å². The van der Waals surface area contributed by atoms with E-state index in [0.717, 1.165) is 0 Å². The molecule has 1 saturated heterocycles. The van der Waals surface area contributed by atoms with Gasteiger partial charge in [0.25, 0.3) is 0 Å². The summed E-state index contributed by atoms with van der Waals surface area (Å²) in [6.45, 7) is 4.58. The van der Waals surface area contributed by atoms with Crippen molar-refractivity contribution in [3.8, 4) is 11.5 Å². The Bertz CT molecular complexity index is 923. The van der Waals surface area contributed by atoms with E-state index in [0.29, 0.717) is 26.3 Å². The van der Waals surface area contributed by atoms with Crippen LogP contribution in [0.2, 0.25) is 0 Å². The maximum Gasteiger partial charge on any atom is 0.213 e. The van der Waals surface area contributed by atoms with Gasteiger partial charge in [0.1, 0.15) is 11.5 Å². The molecular weight excluding hydrogens is 366 g/mol. The molecule has 0 saturated carbocycles. The number of hydrogen-bond donors (Lipinski definition) is 4. The largest absolute Gasteiger partial charge is 0.507 e. The number of phenolic OH excluding ortho intramolecular Hbond substituents is 2. The van der Waals surface area contributed by atoms with Gasteiger partial charge in [0.15, 0.2) is 5.78 Å². The SMILES string of the molecule is C[C@]1(O)Cc2c(O)c3c(c(O)c2C[C@@]1(C)O)C(=O)C=C(N1CCOCC1)C3=O. The summed E-state index contributed by atoms with van der Waals surface area (Å²) in [5.41, 5.74) is -3.14. The molecule has 2 atom stereocenters. The van der Waals surface area contributed by atoms with Gasteiger partial charge in [-0.25, -0.2) is 0 Å². The minimum absolute atomic E-state index is 0.157. The van der Waals surface area contributed by atoms with Gasteiger partial charge >= 0.3 is 0 Å². The third-order valence-corrected chi connectivity index (χ3v) is 6.19. The first-order chi connectivity index (χ1) is 13.0. The molecule has 0 amide bonds. The average Bonchev–Trinajstić information content (AvgIpc) is 2.63. The van der Waals surface area contributed by atoms with Gasteiger partial charge in [-0.3, -0.25) is 9.59 Å². The van der Waals surface area contributed by atoms with Crippen LogP contribution in [0.4, 0.5) is 0 Å². The maximum atomic E-state index is 13.1. The van der Waals surface area contributed by atoms with Gasteiger partial charge in [-0.15, -0.1) is 0 Å². The molecule has 4 N–H and O–H groups in total. The first-order valence-corrected chi connectivity index (χ1v) is 9.23. The Balaban J connectivity index is 1.88. The van der Waals surface area contributed by atoms with Gasteiger partial charge in [-0.1, -0.05) is 0 Å². The third-order valence-electron chi connectivity index (χ3n) is 6.19. The lowest BCUT2D eigenvalue weighted by atomic mass is 9.69. The Morgan fingerprint density at radius 2 is 1.43 bits per heavy atom. The van der Waals surface area contributed by atoms with E-state index in [4.69, 9.17) is 4.74 Å². The fourth-order valence-corrected chi connectivity index (χ4v) is 4.16. The van der Waals surface area contributed by atoms with Gasteiger partial charge in [0.2, 0.25) is 5.78 Å². The predicted molar refractivity (Wildman–Crippen MR) is 97.6 cm³/mol. The van der Waals surface area contributed by atoms with Crippen molar-refractivity contribution in [1.82, 2.24) is 4.90 Å². The second-order valence-electron chi connectivity index (χ2n) is 8.13. The molecule has 8 heteroatoms. The van der Waals surface area contributed by atoms with Crippen LogP contribution >= 0.6 is 0 Å². The summed E-state index contributed by atoms with van der Waals surface area (Å²) in [5.74, 6) is -1.97. The number of ketones is 2. The first kappa shape index (κ1) is 18.9. The van der Waals surface area contributed by atoms with Crippen LogP contribution in [0.3, 0.4) is 0 Å². The number of hydrogen-bond acceptors (Lipinski definition) is 8. The van der Waals surface area contributed by atoms with Gasteiger partial charge in [-0.2, -0.15) is 0 Å². The molecule has 1 aromatic rings. The number of benzene rings is 1. The molecule has 28 heavy (non-hydrogen) atoms. The zero-order valence-corrected chi connectivity index (χ0v) is 15.8. The van der Waals surface area contributed by atoms with E-state index in [1.165, 1.54) is 19.9 Å². The van der Waals surface area contributed by atoms with Crippen molar-refractivity contribution in [3.05, 3.63) is 34.0 Å². The number of carbonyl (C=O) groups is 2. The zero-order valence-electron chi connectivity index (χ0n) is 15.8. The van der Waals surface area contributed by atoms with E-state index < -0.39 is 34.3 Å². The summed E-state index contributed by atoms with van der Waals surface area (Å²) < 4.78 is 5.28. The molecule has 4 rings (SSSR count). The van der Waals surface area contributed by atoms with Crippen LogP contribution in [-0.2, 0) is 17.6 Å². The number of morpholine rings is 1. The van der Waals surface area contributed by atoms with E-state index in [9.17, 15) is 30.0 Å². The quantitative estimate of drug-likeness (QED) is 0.505. The van der Waals surface area contributed by atoms with E-state index >= 15 is 0 Å². The Labute approximate surface area is 161 Å². The average molecular weight is 389 g/mol. The molecule has 1 aromatic carbocycles. The highest BCUT2D eigenvalue weighted by atomic mass is 16.5. The molecule has 2 aliphatic carbocycles. The summed E-state index contributed by atoms with van der Waals surface area (Å²) in [6.07, 6.45) is 0.849. The molecule has 0 unspecified atom stereocenters. The molecule has 150 valence electrons. The Kier molecular flexibility index (Phi) is 4.08. The number of fused-ring (bicyclic) bond motifs is 2. The molecule has 0 bridgehead atoms. The highest BCUT2D eigenvalue weighted by Gasteiger charge is 2.49. The van der Waals surface area contributed by atoms with Gasteiger partial charge < -0.3 is 30.1 Å². The smallest absolute Gasteiger partial charge is 0.213 e. The molecule has 1 fully saturated rings. The lowest BCUT2D eigenvalue weighted by Gasteiger charge is -2.44. The monoisotopic (exact) mass is 389 g/mol. The number of ether oxygens (including phenoxy) is 1. The van der Waals surface area contributed by atoms with Crippen molar-refractivity contribution in [3.63, 3.8) is 0 Å². The van der Waals surface area contributed by atoms with Crippen molar-refractivity contribution < 1.29 is 34.8 Å². The molecule has 0 radical (unpaired) electrons. The van der Waals surface area contributed by atoms with Crippen molar-refractivity contribution in [2.24, 2.45) is 0 Å². The van der Waals surface area contributed by atoms with Gasteiger partial charge in [-0.05, 0) is 13.8 Å². The topological polar surface area (TPSA) is 128 Å². The number of phenols is 2. The van der Waals surface area contributed by atoms with Crippen molar-refractivity contribution in [1.29, 1.82) is 0 Å². The minimum atomic E-state index is -1.58. The van der Waals surface area contributed by atoms with Crippen molar-refractivity contribution >= 4 is 11.6 Å². The minimum Gasteiger partial charge on any atom is -0.507 e. The fourth-order valence-electron chi connectivity index (χ4n) is 4.16. The standard InChI is InChI=1S/C20H23NO7/c1-19(26)8-10-11(9-20(19,2)27)17(24)15-14(16(10)23)13(22)7-12(18(15)25)21-3-5-28-6-4-21/h7,23-24,26-27H,3-6,8-9H2,1-2H3/t19-,20+/m1/s1. The Morgan fingerprint density at radius 3 is 1.96 bits per heavy atom. The van der Waals surface area contributed by atoms with Gasteiger partial charge in [0.05, 0.1) is 41.2 Å². The number of aromatic hydroxyl groups is 2. The van der Waals surface area contributed by atoms with E-state index in [-0.39, 0.29) is 40.8 Å². The molecule has 3 aliphatic rings. The number of allylic oxidation sites excluding steroid dienone is 2. The molecule has 8 nitrogen and oxygen atoms in total. The highest BCUT2D eigenvalue weighted by Crippen LogP contribution is 2.48. The number of carbonyl (C=O) groups excluding carboxylic acids is 2. The summed E-state index contributed by atoms with van der Waals surface area (Å²) in [6, 6.07) is 0. The second kappa shape index (κ2) is 6.04. The first-order valence-electron chi connectivity index (χ1n) is 9.23. The lowest BCUT2D eigenvalue weighted by molar-refractivity contribution is -0.135. The van der Waals surface area contributed by atoms with Crippen LogP contribution in [0.15, 0.2) is 11.8 Å². The fraction of sp³-hybridized carbons (Fsp3) is 0.500. The second-order valence-corrected chi connectivity index (χ2v) is 8.13. The van der Waals surface area contributed by atoms with Crippen molar-refractivity contribution in [2.45, 2.75) is 37.9 Å². The summed E-state index contributed by atoms with van der Waals surface area (Å²) in [4.78, 5) is 27.6.